The summed E-state index contributed by atoms with van der Waals surface area (Å²) in [6, 6.07) is 0.130. The highest BCUT2D eigenvalue weighted by Gasteiger charge is 2.39. The molecule has 2 atom stereocenters. The van der Waals surface area contributed by atoms with Crippen LogP contribution in [0.3, 0.4) is 0 Å². The third-order valence-corrected chi connectivity index (χ3v) is 5.91. The van der Waals surface area contributed by atoms with Crippen LogP contribution in [-0.2, 0) is 9.53 Å². The minimum atomic E-state index is -0.444. The number of nitrogens with one attached hydrogen (secondary N) is 1. The Morgan fingerprint density at radius 1 is 1.21 bits per heavy atom. The van der Waals surface area contributed by atoms with Gasteiger partial charge in [0.25, 0.3) is 0 Å². The Morgan fingerprint density at radius 2 is 2.00 bits per heavy atom. The van der Waals surface area contributed by atoms with Gasteiger partial charge in [-0.3, -0.25) is 9.69 Å². The van der Waals surface area contributed by atoms with Gasteiger partial charge in [-0.1, -0.05) is 19.3 Å². The number of likely N-dealkylation sites (tertiary alicyclic amines) is 1. The Morgan fingerprint density at radius 3 is 2.71 bits per heavy atom. The van der Waals surface area contributed by atoms with Crippen LogP contribution in [0.2, 0.25) is 0 Å². The number of carbonyl (C=O) groups excluding carboxylic acids is 2. The molecule has 6 heteroatoms. The van der Waals surface area contributed by atoms with Crippen molar-refractivity contribution in [1.29, 1.82) is 0 Å². The van der Waals surface area contributed by atoms with Crippen LogP contribution < -0.4 is 5.32 Å². The van der Waals surface area contributed by atoms with Gasteiger partial charge in [-0.2, -0.15) is 0 Å². The van der Waals surface area contributed by atoms with Crippen LogP contribution in [0, 0.1) is 5.92 Å². The van der Waals surface area contributed by atoms with Gasteiger partial charge in [-0.15, -0.1) is 0 Å². The van der Waals surface area contributed by atoms with E-state index < -0.39 is 6.04 Å². The average Bonchev–Trinajstić information content (AvgIpc) is 3.15. The van der Waals surface area contributed by atoms with Gasteiger partial charge in [0, 0.05) is 19.1 Å². The van der Waals surface area contributed by atoms with E-state index in [-0.39, 0.29) is 18.6 Å². The second-order valence-electron chi connectivity index (χ2n) is 7.61. The maximum absolute atomic E-state index is 12.5. The van der Waals surface area contributed by atoms with Crippen LogP contribution in [-0.4, -0.2) is 67.2 Å². The molecular weight excluding hydrogens is 306 g/mol. The Kier molecular flexibility index (Phi) is 5.98. The number of carbonyl (C=O) groups is 2. The zero-order chi connectivity index (χ0) is 16.9. The van der Waals surface area contributed by atoms with Crippen LogP contribution in [0.25, 0.3) is 0 Å². The van der Waals surface area contributed by atoms with E-state index >= 15 is 0 Å². The topological polar surface area (TPSA) is 61.9 Å². The molecule has 1 saturated carbocycles. The van der Waals surface area contributed by atoms with E-state index in [2.05, 4.69) is 17.3 Å². The zero-order valence-corrected chi connectivity index (χ0v) is 14.8. The number of cyclic esters (lactones) is 1. The molecular formula is C18H31N3O3. The van der Waals surface area contributed by atoms with E-state index in [0.29, 0.717) is 25.0 Å². The minimum Gasteiger partial charge on any atom is -0.447 e. The first-order valence-corrected chi connectivity index (χ1v) is 9.56. The number of nitrogens with zero attached hydrogens (tertiary/aromatic N) is 2. The SMILES string of the molecule is CN1CCCC1CCNC(=O)[C@@H]1COC(=O)N1CC1CCCCC1. The summed E-state index contributed by atoms with van der Waals surface area (Å²) in [6.45, 7) is 2.69. The maximum Gasteiger partial charge on any atom is 0.410 e. The fourth-order valence-electron chi connectivity index (χ4n) is 4.34. The van der Waals surface area contributed by atoms with Crippen molar-refractivity contribution in [3.05, 3.63) is 0 Å². The lowest BCUT2D eigenvalue weighted by Crippen LogP contribution is -2.48. The Hall–Kier alpha value is -1.30. The van der Waals surface area contributed by atoms with Crippen molar-refractivity contribution in [3.63, 3.8) is 0 Å². The van der Waals surface area contributed by atoms with Gasteiger partial charge in [0.2, 0.25) is 5.91 Å². The number of hydrogen-bond donors (Lipinski definition) is 1. The van der Waals surface area contributed by atoms with Crippen molar-refractivity contribution >= 4 is 12.0 Å². The highest BCUT2D eigenvalue weighted by atomic mass is 16.6. The molecule has 0 aromatic rings. The zero-order valence-electron chi connectivity index (χ0n) is 14.8. The van der Waals surface area contributed by atoms with Crippen LogP contribution in [0.15, 0.2) is 0 Å². The molecule has 1 N–H and O–H groups in total. The Balaban J connectivity index is 1.46. The minimum absolute atomic E-state index is 0.0580. The predicted molar refractivity (Wildman–Crippen MR) is 91.7 cm³/mol. The van der Waals surface area contributed by atoms with Crippen LogP contribution in [0.1, 0.15) is 51.4 Å². The fraction of sp³-hybridized carbons (Fsp3) is 0.889. The van der Waals surface area contributed by atoms with Crippen molar-refractivity contribution in [2.75, 3.05) is 33.3 Å². The third kappa shape index (κ3) is 4.21. The summed E-state index contributed by atoms with van der Waals surface area (Å²) in [6.07, 6.45) is 9.20. The summed E-state index contributed by atoms with van der Waals surface area (Å²) in [5.74, 6) is 0.462. The summed E-state index contributed by atoms with van der Waals surface area (Å²) in [4.78, 5) is 28.5. The van der Waals surface area contributed by atoms with Gasteiger partial charge in [0.15, 0.2) is 0 Å². The van der Waals surface area contributed by atoms with E-state index in [1.807, 2.05) is 0 Å². The van der Waals surface area contributed by atoms with E-state index in [1.54, 1.807) is 4.90 Å². The van der Waals surface area contributed by atoms with Crippen molar-refractivity contribution in [3.8, 4) is 0 Å². The quantitative estimate of drug-likeness (QED) is 0.805. The van der Waals surface area contributed by atoms with Crippen molar-refractivity contribution in [2.45, 2.75) is 63.5 Å². The lowest BCUT2D eigenvalue weighted by atomic mass is 9.89. The first kappa shape index (κ1) is 17.5. The van der Waals surface area contributed by atoms with E-state index in [0.717, 1.165) is 25.8 Å². The van der Waals surface area contributed by atoms with Gasteiger partial charge < -0.3 is 15.0 Å². The molecule has 2 amide bonds. The number of rotatable bonds is 6. The van der Waals surface area contributed by atoms with Crippen LogP contribution in [0.5, 0.6) is 0 Å². The second-order valence-corrected chi connectivity index (χ2v) is 7.61. The summed E-state index contributed by atoms with van der Waals surface area (Å²) < 4.78 is 5.16. The first-order valence-electron chi connectivity index (χ1n) is 9.56. The summed E-state index contributed by atoms with van der Waals surface area (Å²) in [5.41, 5.74) is 0. The van der Waals surface area contributed by atoms with Gasteiger partial charge in [-0.25, -0.2) is 4.79 Å². The summed E-state index contributed by atoms with van der Waals surface area (Å²) in [7, 11) is 2.15. The number of amides is 2. The Labute approximate surface area is 144 Å². The molecule has 0 radical (unpaired) electrons. The molecule has 136 valence electrons. The molecule has 24 heavy (non-hydrogen) atoms. The molecule has 1 unspecified atom stereocenters. The summed E-state index contributed by atoms with van der Waals surface area (Å²) in [5, 5.41) is 3.02. The monoisotopic (exact) mass is 337 g/mol. The van der Waals surface area contributed by atoms with Crippen LogP contribution >= 0.6 is 0 Å². The molecule has 0 bridgehead atoms. The maximum atomic E-state index is 12.5. The average molecular weight is 337 g/mol. The molecule has 2 aliphatic heterocycles. The van der Waals surface area contributed by atoms with Crippen molar-refractivity contribution in [2.24, 2.45) is 5.92 Å². The molecule has 0 aromatic carbocycles. The van der Waals surface area contributed by atoms with Crippen molar-refractivity contribution in [1.82, 2.24) is 15.1 Å². The highest BCUT2D eigenvalue weighted by Crippen LogP contribution is 2.26. The van der Waals surface area contributed by atoms with Gasteiger partial charge >= 0.3 is 6.09 Å². The molecule has 2 saturated heterocycles. The van der Waals surface area contributed by atoms with E-state index in [1.165, 1.54) is 32.1 Å². The van der Waals surface area contributed by atoms with Gasteiger partial charge in [0.1, 0.15) is 12.6 Å². The summed E-state index contributed by atoms with van der Waals surface area (Å²) >= 11 is 0. The first-order chi connectivity index (χ1) is 11.6. The molecule has 3 fully saturated rings. The number of hydrogen-bond acceptors (Lipinski definition) is 4. The largest absolute Gasteiger partial charge is 0.447 e. The highest BCUT2D eigenvalue weighted by molar-refractivity contribution is 5.87. The predicted octanol–water partition coefficient (Wildman–Crippen LogP) is 1.99. The fourth-order valence-corrected chi connectivity index (χ4v) is 4.34. The Bertz CT molecular complexity index is 451. The molecule has 2 heterocycles. The molecule has 0 aromatic heterocycles. The van der Waals surface area contributed by atoms with Gasteiger partial charge in [-0.05, 0) is 51.6 Å². The smallest absolute Gasteiger partial charge is 0.410 e. The van der Waals surface area contributed by atoms with Crippen LogP contribution in [0.4, 0.5) is 4.79 Å². The van der Waals surface area contributed by atoms with Gasteiger partial charge in [0.05, 0.1) is 0 Å². The lowest BCUT2D eigenvalue weighted by Gasteiger charge is -2.28. The number of ether oxygens (including phenoxy) is 1. The second kappa shape index (κ2) is 8.19. The van der Waals surface area contributed by atoms with E-state index in [4.69, 9.17) is 4.74 Å². The third-order valence-electron chi connectivity index (χ3n) is 5.91. The lowest BCUT2D eigenvalue weighted by molar-refractivity contribution is -0.125. The molecule has 6 nitrogen and oxygen atoms in total. The molecule has 0 spiro atoms. The molecule has 3 rings (SSSR count). The standard InChI is InChI=1S/C18H31N3O3/c1-20-11-5-8-15(20)9-10-19-17(22)16-13-24-18(23)21(16)12-14-6-3-2-4-7-14/h14-16H,2-13H2,1H3,(H,19,22)/t15?,16-/m0/s1. The van der Waals surface area contributed by atoms with E-state index in [9.17, 15) is 9.59 Å². The van der Waals surface area contributed by atoms with Crippen molar-refractivity contribution < 1.29 is 14.3 Å². The molecule has 3 aliphatic rings. The molecule has 1 aliphatic carbocycles. The normalized spacial score (nSPS) is 29.0.